The zero-order chi connectivity index (χ0) is 14.7. The van der Waals surface area contributed by atoms with Crippen molar-refractivity contribution in [3.8, 4) is 11.4 Å². The second-order valence-electron chi connectivity index (χ2n) is 5.19. The van der Waals surface area contributed by atoms with Gasteiger partial charge in [-0.1, -0.05) is 30.3 Å². The fraction of sp³-hybridized carbons (Fsp3) is 0.375. The van der Waals surface area contributed by atoms with Gasteiger partial charge in [0, 0.05) is 25.3 Å². The van der Waals surface area contributed by atoms with Gasteiger partial charge in [-0.05, 0) is 13.3 Å². The maximum Gasteiger partial charge on any atom is 0.163 e. The van der Waals surface area contributed by atoms with Crippen LogP contribution in [-0.2, 0) is 4.74 Å². The van der Waals surface area contributed by atoms with Crippen LogP contribution in [-0.4, -0.2) is 35.8 Å². The van der Waals surface area contributed by atoms with Crippen molar-refractivity contribution in [3.05, 3.63) is 36.4 Å². The van der Waals surface area contributed by atoms with Crippen molar-refractivity contribution >= 4 is 11.6 Å². The highest BCUT2D eigenvalue weighted by atomic mass is 16.5. The molecule has 5 heteroatoms. The molecule has 1 saturated heterocycles. The third kappa shape index (κ3) is 3.13. The lowest BCUT2D eigenvalue weighted by molar-refractivity contribution is 0.121. The van der Waals surface area contributed by atoms with Crippen molar-refractivity contribution in [3.63, 3.8) is 0 Å². The van der Waals surface area contributed by atoms with E-state index in [-0.39, 0.29) is 6.10 Å². The first-order chi connectivity index (χ1) is 10.3. The van der Waals surface area contributed by atoms with E-state index in [9.17, 15) is 0 Å². The summed E-state index contributed by atoms with van der Waals surface area (Å²) in [6, 6.07) is 12.2. The number of anilines is 2. The second kappa shape index (κ2) is 6.10. The third-order valence-electron chi connectivity index (χ3n) is 3.72. The maximum atomic E-state index is 5.59. The molecule has 2 heterocycles. The van der Waals surface area contributed by atoms with E-state index in [1.807, 2.05) is 43.4 Å². The topological polar surface area (TPSA) is 59.1 Å². The monoisotopic (exact) mass is 284 g/mol. The molecule has 0 radical (unpaired) electrons. The van der Waals surface area contributed by atoms with Crippen molar-refractivity contribution in [1.82, 2.24) is 9.97 Å². The molecule has 110 valence electrons. The fourth-order valence-electron chi connectivity index (χ4n) is 2.48. The minimum Gasteiger partial charge on any atom is -0.376 e. The van der Waals surface area contributed by atoms with Gasteiger partial charge in [0.2, 0.25) is 0 Å². The first kappa shape index (κ1) is 13.8. The Labute approximate surface area is 124 Å². The van der Waals surface area contributed by atoms with Gasteiger partial charge in [0.15, 0.2) is 5.82 Å². The molecule has 1 fully saturated rings. The van der Waals surface area contributed by atoms with Gasteiger partial charge in [0.05, 0.1) is 12.1 Å². The Bertz CT molecular complexity index is 602. The molecular formula is C16H20N4O. The molecule has 2 unspecified atom stereocenters. The summed E-state index contributed by atoms with van der Waals surface area (Å²) < 4.78 is 5.59. The number of nitrogens with one attached hydrogen (secondary N) is 2. The molecule has 0 spiro atoms. The van der Waals surface area contributed by atoms with Crippen molar-refractivity contribution < 1.29 is 4.74 Å². The number of nitrogens with zero attached hydrogens (tertiary/aromatic N) is 2. The summed E-state index contributed by atoms with van der Waals surface area (Å²) in [7, 11) is 1.86. The Hall–Kier alpha value is -2.14. The van der Waals surface area contributed by atoms with Gasteiger partial charge in [-0.25, -0.2) is 9.97 Å². The SMILES string of the molecule is CNc1cc(NC2CCOC2C)nc(-c2ccccc2)n1. The molecule has 1 aromatic heterocycles. The normalized spacial score (nSPS) is 21.2. The largest absolute Gasteiger partial charge is 0.376 e. The van der Waals surface area contributed by atoms with E-state index in [0.717, 1.165) is 36.1 Å². The van der Waals surface area contributed by atoms with E-state index in [0.29, 0.717) is 6.04 Å². The molecule has 2 N–H and O–H groups in total. The Morgan fingerprint density at radius 1 is 1.14 bits per heavy atom. The summed E-state index contributed by atoms with van der Waals surface area (Å²) in [5.41, 5.74) is 1.01. The molecular weight excluding hydrogens is 264 g/mol. The molecule has 2 atom stereocenters. The Kier molecular flexibility index (Phi) is 4.01. The highest BCUT2D eigenvalue weighted by Gasteiger charge is 2.24. The van der Waals surface area contributed by atoms with Crippen molar-refractivity contribution in [1.29, 1.82) is 0 Å². The number of rotatable bonds is 4. The molecule has 1 aliphatic rings. The molecule has 3 rings (SSSR count). The van der Waals surface area contributed by atoms with Gasteiger partial charge in [0.25, 0.3) is 0 Å². The minimum atomic E-state index is 0.207. The second-order valence-corrected chi connectivity index (χ2v) is 5.19. The van der Waals surface area contributed by atoms with E-state index in [4.69, 9.17) is 4.74 Å². The van der Waals surface area contributed by atoms with E-state index in [1.54, 1.807) is 0 Å². The van der Waals surface area contributed by atoms with E-state index < -0.39 is 0 Å². The van der Waals surface area contributed by atoms with Gasteiger partial charge in [0.1, 0.15) is 11.6 Å². The molecule has 5 nitrogen and oxygen atoms in total. The van der Waals surface area contributed by atoms with Gasteiger partial charge in [-0.3, -0.25) is 0 Å². The summed E-state index contributed by atoms with van der Waals surface area (Å²) in [5, 5.41) is 6.55. The van der Waals surface area contributed by atoms with E-state index >= 15 is 0 Å². The van der Waals surface area contributed by atoms with Crippen LogP contribution in [0.25, 0.3) is 11.4 Å². The number of hydrogen-bond donors (Lipinski definition) is 2. The van der Waals surface area contributed by atoms with Gasteiger partial charge in [-0.15, -0.1) is 0 Å². The maximum absolute atomic E-state index is 5.59. The van der Waals surface area contributed by atoms with E-state index in [1.165, 1.54) is 0 Å². The lowest BCUT2D eigenvalue weighted by atomic mass is 10.1. The van der Waals surface area contributed by atoms with Crippen LogP contribution in [0.15, 0.2) is 36.4 Å². The Balaban J connectivity index is 1.90. The van der Waals surface area contributed by atoms with Crippen LogP contribution >= 0.6 is 0 Å². The smallest absolute Gasteiger partial charge is 0.163 e. The highest BCUT2D eigenvalue weighted by Crippen LogP contribution is 2.23. The number of benzene rings is 1. The molecule has 0 aliphatic carbocycles. The minimum absolute atomic E-state index is 0.207. The van der Waals surface area contributed by atoms with Crippen molar-refractivity contribution in [2.75, 3.05) is 24.3 Å². The standard InChI is InChI=1S/C16H20N4O/c1-11-13(8-9-21-11)18-15-10-14(17-2)19-16(20-15)12-6-4-3-5-7-12/h3-7,10-11,13H,8-9H2,1-2H3,(H2,17,18,19,20). The zero-order valence-electron chi connectivity index (χ0n) is 12.3. The van der Waals surface area contributed by atoms with Gasteiger partial charge in [-0.2, -0.15) is 0 Å². The average Bonchev–Trinajstić information content (AvgIpc) is 2.93. The first-order valence-corrected chi connectivity index (χ1v) is 7.26. The molecule has 1 aliphatic heterocycles. The Morgan fingerprint density at radius 2 is 1.90 bits per heavy atom. The number of hydrogen-bond acceptors (Lipinski definition) is 5. The van der Waals surface area contributed by atoms with Crippen LogP contribution in [0.2, 0.25) is 0 Å². The third-order valence-corrected chi connectivity index (χ3v) is 3.72. The molecule has 21 heavy (non-hydrogen) atoms. The van der Waals surface area contributed by atoms with Gasteiger partial charge < -0.3 is 15.4 Å². The number of ether oxygens (including phenoxy) is 1. The highest BCUT2D eigenvalue weighted by molar-refractivity contribution is 5.61. The van der Waals surface area contributed by atoms with Crippen LogP contribution in [0.3, 0.4) is 0 Å². The van der Waals surface area contributed by atoms with Crippen LogP contribution in [0.4, 0.5) is 11.6 Å². The molecule has 1 aromatic carbocycles. The Morgan fingerprint density at radius 3 is 2.57 bits per heavy atom. The summed E-state index contributed by atoms with van der Waals surface area (Å²) in [6.45, 7) is 2.89. The lowest BCUT2D eigenvalue weighted by Gasteiger charge is -2.17. The van der Waals surface area contributed by atoms with Gasteiger partial charge >= 0.3 is 0 Å². The van der Waals surface area contributed by atoms with Crippen LogP contribution < -0.4 is 10.6 Å². The summed E-state index contributed by atoms with van der Waals surface area (Å²) in [5.74, 6) is 2.35. The van der Waals surface area contributed by atoms with E-state index in [2.05, 4.69) is 27.5 Å². The summed E-state index contributed by atoms with van der Waals surface area (Å²) in [6.07, 6.45) is 1.21. The zero-order valence-corrected chi connectivity index (χ0v) is 12.3. The molecule has 0 saturated carbocycles. The van der Waals surface area contributed by atoms with Crippen LogP contribution in [0.5, 0.6) is 0 Å². The molecule has 0 amide bonds. The first-order valence-electron chi connectivity index (χ1n) is 7.26. The van der Waals surface area contributed by atoms with Crippen LogP contribution in [0.1, 0.15) is 13.3 Å². The summed E-state index contributed by atoms with van der Waals surface area (Å²) in [4.78, 5) is 9.15. The molecule has 2 aromatic rings. The fourth-order valence-corrected chi connectivity index (χ4v) is 2.48. The average molecular weight is 284 g/mol. The molecule has 0 bridgehead atoms. The number of aromatic nitrogens is 2. The summed E-state index contributed by atoms with van der Waals surface area (Å²) >= 11 is 0. The van der Waals surface area contributed by atoms with Crippen molar-refractivity contribution in [2.45, 2.75) is 25.5 Å². The van der Waals surface area contributed by atoms with Crippen LogP contribution in [0, 0.1) is 0 Å². The lowest BCUT2D eigenvalue weighted by Crippen LogP contribution is -2.27. The predicted molar refractivity (Wildman–Crippen MR) is 84.5 cm³/mol. The predicted octanol–water partition coefficient (Wildman–Crippen LogP) is 2.77. The van der Waals surface area contributed by atoms with Crippen molar-refractivity contribution in [2.24, 2.45) is 0 Å². The quantitative estimate of drug-likeness (QED) is 0.904.